The Morgan fingerprint density at radius 2 is 1.69 bits per heavy atom. The summed E-state index contributed by atoms with van der Waals surface area (Å²) in [7, 11) is 0. The standard InChI is InChI=1S/C6H14O.C3H2O3/c1-3-5-7-6-4-2;1-2-3(4-1,5-2)6-2/h3-6H2,1-2H3;1H2. The Balaban J connectivity index is 0.0000001000. The van der Waals surface area contributed by atoms with Crippen LogP contribution in [0.5, 0.6) is 0 Å². The maximum atomic E-state index is 5.13. The molecule has 0 bridgehead atoms. The van der Waals surface area contributed by atoms with Crippen molar-refractivity contribution in [2.75, 3.05) is 19.8 Å². The smallest absolute Gasteiger partial charge is 0.349 e. The van der Waals surface area contributed by atoms with Gasteiger partial charge in [-0.2, -0.15) is 0 Å². The molecule has 4 heteroatoms. The van der Waals surface area contributed by atoms with Gasteiger partial charge in [0.15, 0.2) is 0 Å². The van der Waals surface area contributed by atoms with Crippen molar-refractivity contribution >= 4 is 0 Å². The first-order valence-electron chi connectivity index (χ1n) is 4.90. The maximum Gasteiger partial charge on any atom is 0.349 e. The van der Waals surface area contributed by atoms with Crippen LogP contribution in [0.2, 0.25) is 0 Å². The Hall–Kier alpha value is -0.160. The Morgan fingerprint density at radius 1 is 1.15 bits per heavy atom. The molecule has 0 unspecified atom stereocenters. The van der Waals surface area contributed by atoms with Crippen molar-refractivity contribution in [3.63, 3.8) is 0 Å². The molecule has 0 amide bonds. The van der Waals surface area contributed by atoms with Crippen LogP contribution in [0.15, 0.2) is 0 Å². The second kappa shape index (κ2) is 3.20. The zero-order valence-corrected chi connectivity index (χ0v) is 8.17. The van der Waals surface area contributed by atoms with E-state index in [0.717, 1.165) is 26.1 Å². The summed E-state index contributed by atoms with van der Waals surface area (Å²) in [5, 5.41) is 0. The van der Waals surface area contributed by atoms with Crippen molar-refractivity contribution in [2.24, 2.45) is 0 Å². The van der Waals surface area contributed by atoms with Crippen molar-refractivity contribution in [3.8, 4) is 0 Å². The summed E-state index contributed by atoms with van der Waals surface area (Å²) in [6, 6.07) is 0. The minimum atomic E-state index is -0.465. The van der Waals surface area contributed by atoms with E-state index in [4.69, 9.17) is 18.9 Å². The maximum absolute atomic E-state index is 5.13. The molecule has 0 spiro atoms. The van der Waals surface area contributed by atoms with Gasteiger partial charge in [-0.25, -0.2) is 0 Å². The van der Waals surface area contributed by atoms with Crippen LogP contribution >= 0.6 is 0 Å². The molecule has 0 aliphatic carbocycles. The van der Waals surface area contributed by atoms with E-state index in [1.807, 2.05) is 0 Å². The zero-order valence-electron chi connectivity index (χ0n) is 8.17. The molecule has 0 aromatic rings. The summed E-state index contributed by atoms with van der Waals surface area (Å²) in [5.74, 6) is -0.653. The highest BCUT2D eigenvalue weighted by Crippen LogP contribution is 2.75. The van der Waals surface area contributed by atoms with Crippen molar-refractivity contribution in [2.45, 2.75) is 38.4 Å². The van der Waals surface area contributed by atoms with E-state index >= 15 is 0 Å². The molecule has 13 heavy (non-hydrogen) atoms. The molecule has 0 atom stereocenters. The molecule has 0 aromatic heterocycles. The van der Waals surface area contributed by atoms with E-state index in [0.29, 0.717) is 6.61 Å². The summed E-state index contributed by atoms with van der Waals surface area (Å²) in [6.07, 6.45) is 2.28. The first kappa shape index (κ1) is 9.40. The van der Waals surface area contributed by atoms with E-state index < -0.39 is 5.97 Å². The van der Waals surface area contributed by atoms with Crippen molar-refractivity contribution < 1.29 is 18.9 Å². The third kappa shape index (κ3) is 1.48. The summed E-state index contributed by atoms with van der Waals surface area (Å²) in [4.78, 5) is 0. The summed E-state index contributed by atoms with van der Waals surface area (Å²) < 4.78 is 19.6. The van der Waals surface area contributed by atoms with Gasteiger partial charge in [0.25, 0.3) is 5.79 Å². The molecule has 76 valence electrons. The van der Waals surface area contributed by atoms with Crippen LogP contribution < -0.4 is 0 Å². The SMILES string of the molecule is C1OC23OC12O3.CCCOCCC. The molecule has 3 heterocycles. The highest BCUT2D eigenvalue weighted by Gasteiger charge is 3.01. The van der Waals surface area contributed by atoms with Crippen LogP contribution in [0.25, 0.3) is 0 Å². The predicted molar refractivity (Wildman–Crippen MR) is 45.0 cm³/mol. The lowest BCUT2D eigenvalue weighted by Gasteiger charge is -1.95. The number of hydrogen-bond acceptors (Lipinski definition) is 4. The molecule has 0 N–H and O–H groups in total. The van der Waals surface area contributed by atoms with E-state index in [9.17, 15) is 0 Å². The molecular weight excluding hydrogens is 172 g/mol. The first-order chi connectivity index (χ1) is 6.29. The van der Waals surface area contributed by atoms with Gasteiger partial charge in [0.1, 0.15) is 6.61 Å². The lowest BCUT2D eigenvalue weighted by molar-refractivity contribution is -0.133. The van der Waals surface area contributed by atoms with Crippen LogP contribution in [-0.4, -0.2) is 31.6 Å². The van der Waals surface area contributed by atoms with Gasteiger partial charge >= 0.3 is 5.97 Å². The molecule has 0 radical (unpaired) electrons. The monoisotopic (exact) mass is 188 g/mol. The molecule has 3 fully saturated rings. The average Bonchev–Trinajstić information content (AvgIpc) is 2.66. The lowest BCUT2D eigenvalue weighted by atomic mass is 10.4. The van der Waals surface area contributed by atoms with Crippen molar-refractivity contribution in [1.29, 1.82) is 0 Å². The van der Waals surface area contributed by atoms with Crippen LogP contribution in [-0.2, 0) is 18.9 Å². The highest BCUT2D eigenvalue weighted by molar-refractivity contribution is 5.19. The van der Waals surface area contributed by atoms with Gasteiger partial charge in [0.05, 0.1) is 0 Å². The topological polar surface area (TPSA) is 43.5 Å². The van der Waals surface area contributed by atoms with E-state index in [2.05, 4.69) is 13.8 Å². The van der Waals surface area contributed by atoms with Gasteiger partial charge in [-0.05, 0) is 12.8 Å². The van der Waals surface area contributed by atoms with Crippen LogP contribution in [0.3, 0.4) is 0 Å². The lowest BCUT2D eigenvalue weighted by Crippen LogP contribution is -2.17. The predicted octanol–water partition coefficient (Wildman–Crippen LogP) is 1.25. The minimum absolute atomic E-state index is 0.188. The van der Waals surface area contributed by atoms with Gasteiger partial charge in [0, 0.05) is 13.2 Å². The van der Waals surface area contributed by atoms with E-state index in [-0.39, 0.29) is 5.79 Å². The normalized spacial score (nSPS) is 42.0. The fourth-order valence-electron chi connectivity index (χ4n) is 1.21. The number of ether oxygens (including phenoxy) is 4. The summed E-state index contributed by atoms with van der Waals surface area (Å²) in [5.41, 5.74) is 0. The van der Waals surface area contributed by atoms with E-state index in [1.165, 1.54) is 0 Å². The number of hydrogen-bond donors (Lipinski definition) is 0. The molecule has 0 saturated carbocycles. The third-order valence-electron chi connectivity index (χ3n) is 2.13. The third-order valence-corrected chi connectivity index (χ3v) is 2.13. The van der Waals surface area contributed by atoms with Gasteiger partial charge in [-0.1, -0.05) is 13.8 Å². The molecular formula is C9H16O4. The van der Waals surface area contributed by atoms with Gasteiger partial charge < -0.3 is 9.47 Å². The Labute approximate surface area is 78.1 Å². The second-order valence-electron chi connectivity index (χ2n) is 3.41. The minimum Gasteiger partial charge on any atom is -0.381 e. The number of rotatable bonds is 4. The van der Waals surface area contributed by atoms with Gasteiger partial charge in [0.2, 0.25) is 0 Å². The number of epoxide rings is 2. The average molecular weight is 188 g/mol. The zero-order chi connectivity index (χ0) is 9.36. The molecule has 3 saturated heterocycles. The van der Waals surface area contributed by atoms with E-state index in [1.54, 1.807) is 0 Å². The fraction of sp³-hybridized carbons (Fsp3) is 1.00. The molecule has 4 nitrogen and oxygen atoms in total. The van der Waals surface area contributed by atoms with Gasteiger partial charge in [-0.3, -0.25) is 9.47 Å². The molecule has 3 aliphatic rings. The van der Waals surface area contributed by atoms with Crippen molar-refractivity contribution in [1.82, 2.24) is 0 Å². The van der Waals surface area contributed by atoms with Crippen LogP contribution in [0.1, 0.15) is 26.7 Å². The van der Waals surface area contributed by atoms with Crippen LogP contribution in [0.4, 0.5) is 0 Å². The summed E-state index contributed by atoms with van der Waals surface area (Å²) in [6.45, 7) is 6.74. The largest absolute Gasteiger partial charge is 0.381 e. The Bertz CT molecular complexity index is 157. The van der Waals surface area contributed by atoms with Crippen molar-refractivity contribution in [3.05, 3.63) is 0 Å². The molecule has 3 aliphatic heterocycles. The second-order valence-corrected chi connectivity index (χ2v) is 3.41. The quantitative estimate of drug-likeness (QED) is 0.492. The summed E-state index contributed by atoms with van der Waals surface area (Å²) >= 11 is 0. The first-order valence-corrected chi connectivity index (χ1v) is 4.90. The Morgan fingerprint density at radius 3 is 1.85 bits per heavy atom. The molecule has 0 aromatic carbocycles. The Kier molecular flexibility index (Phi) is 2.32. The molecule has 3 rings (SSSR count). The van der Waals surface area contributed by atoms with Crippen LogP contribution in [0, 0.1) is 0 Å². The fourth-order valence-corrected chi connectivity index (χ4v) is 1.21. The highest BCUT2D eigenvalue weighted by atomic mass is 17.2. The van der Waals surface area contributed by atoms with Gasteiger partial charge in [-0.15, -0.1) is 0 Å².